The first kappa shape index (κ1) is 26.0. The van der Waals surface area contributed by atoms with Gasteiger partial charge in [0.15, 0.2) is 0 Å². The van der Waals surface area contributed by atoms with E-state index in [1.54, 1.807) is 36.4 Å². The van der Waals surface area contributed by atoms with E-state index < -0.39 is 15.9 Å². The van der Waals surface area contributed by atoms with Crippen LogP contribution in [0.5, 0.6) is 5.75 Å². The van der Waals surface area contributed by atoms with Gasteiger partial charge in [-0.2, -0.15) is 0 Å². The van der Waals surface area contributed by atoms with Crippen LogP contribution >= 0.6 is 15.9 Å². The Balaban J connectivity index is 1.54. The fourth-order valence-electron chi connectivity index (χ4n) is 4.16. The Labute approximate surface area is 221 Å². The molecule has 0 saturated carbocycles. The number of benzene rings is 3. The van der Waals surface area contributed by atoms with Gasteiger partial charge in [0.05, 0.1) is 17.2 Å². The van der Waals surface area contributed by atoms with Gasteiger partial charge in [-0.05, 0) is 99.0 Å². The minimum Gasteiger partial charge on any atom is -0.494 e. The molecule has 0 spiro atoms. The molecule has 0 radical (unpaired) electrons. The molecule has 1 N–H and O–H groups in total. The number of ether oxygens (including phenoxy) is 1. The van der Waals surface area contributed by atoms with Gasteiger partial charge in [0, 0.05) is 28.9 Å². The van der Waals surface area contributed by atoms with Crippen molar-refractivity contribution in [3.05, 3.63) is 77.3 Å². The summed E-state index contributed by atoms with van der Waals surface area (Å²) in [5.74, 6) is 0.191. The number of carbonyl (C=O) groups is 1. The molecule has 1 saturated heterocycles. The maximum absolute atomic E-state index is 13.6. The first-order chi connectivity index (χ1) is 17.4. The van der Waals surface area contributed by atoms with Crippen molar-refractivity contribution in [2.45, 2.75) is 31.1 Å². The number of anilines is 3. The predicted octanol–water partition coefficient (Wildman–Crippen LogP) is 5.67. The Hall–Kier alpha value is -3.04. The van der Waals surface area contributed by atoms with Crippen molar-refractivity contribution in [1.82, 2.24) is 0 Å². The van der Waals surface area contributed by atoms with Crippen molar-refractivity contribution in [2.75, 3.05) is 40.8 Å². The molecule has 0 bridgehead atoms. The van der Waals surface area contributed by atoms with E-state index in [0.717, 1.165) is 27.6 Å². The number of nitrogens with one attached hydrogen (secondary N) is 1. The maximum Gasteiger partial charge on any atom is 0.264 e. The zero-order valence-electron chi connectivity index (χ0n) is 20.2. The number of amides is 1. The highest BCUT2D eigenvalue weighted by molar-refractivity contribution is 9.10. The zero-order valence-corrected chi connectivity index (χ0v) is 22.6. The van der Waals surface area contributed by atoms with Crippen LogP contribution in [-0.2, 0) is 14.8 Å². The van der Waals surface area contributed by atoms with E-state index in [1.165, 1.54) is 31.4 Å². The molecule has 0 atom stereocenters. The molecule has 190 valence electrons. The van der Waals surface area contributed by atoms with Crippen LogP contribution < -0.4 is 19.3 Å². The first-order valence-electron chi connectivity index (χ1n) is 12.0. The zero-order chi connectivity index (χ0) is 25.5. The van der Waals surface area contributed by atoms with Crippen LogP contribution in [0.2, 0.25) is 0 Å². The Morgan fingerprint density at radius 1 is 0.944 bits per heavy atom. The molecule has 9 heteroatoms. The van der Waals surface area contributed by atoms with E-state index in [2.05, 4.69) is 26.1 Å². The summed E-state index contributed by atoms with van der Waals surface area (Å²) in [5, 5.41) is 2.84. The molecule has 0 aliphatic carbocycles. The largest absolute Gasteiger partial charge is 0.494 e. The molecule has 1 aliphatic rings. The van der Waals surface area contributed by atoms with Crippen molar-refractivity contribution < 1.29 is 17.9 Å². The van der Waals surface area contributed by atoms with Crippen LogP contribution in [0.3, 0.4) is 0 Å². The Bertz CT molecular complexity index is 1260. The molecule has 36 heavy (non-hydrogen) atoms. The highest BCUT2D eigenvalue weighted by Gasteiger charge is 2.27. The lowest BCUT2D eigenvalue weighted by atomic mass is 10.1. The van der Waals surface area contributed by atoms with Gasteiger partial charge in [-0.3, -0.25) is 9.10 Å². The molecular weight excluding hydrogens is 542 g/mol. The number of piperidine rings is 1. The van der Waals surface area contributed by atoms with E-state index in [4.69, 9.17) is 4.74 Å². The van der Waals surface area contributed by atoms with Crippen molar-refractivity contribution in [3.8, 4) is 5.75 Å². The predicted molar refractivity (Wildman–Crippen MR) is 147 cm³/mol. The Morgan fingerprint density at radius 3 is 2.19 bits per heavy atom. The van der Waals surface area contributed by atoms with Gasteiger partial charge in [-0.25, -0.2) is 8.42 Å². The molecule has 1 heterocycles. The molecular formula is C27H30BrN3O4S. The van der Waals surface area contributed by atoms with Crippen LogP contribution in [-0.4, -0.2) is 40.6 Å². The van der Waals surface area contributed by atoms with E-state index in [0.29, 0.717) is 23.7 Å². The number of hydrogen-bond acceptors (Lipinski definition) is 5. The van der Waals surface area contributed by atoms with Crippen LogP contribution in [0.4, 0.5) is 17.1 Å². The Kier molecular flexibility index (Phi) is 8.53. The van der Waals surface area contributed by atoms with Crippen LogP contribution in [0.1, 0.15) is 26.2 Å². The summed E-state index contributed by atoms with van der Waals surface area (Å²) < 4.78 is 34.5. The fourth-order valence-corrected chi connectivity index (χ4v) is 5.85. The lowest BCUT2D eigenvalue weighted by molar-refractivity contribution is -0.114. The topological polar surface area (TPSA) is 79.0 Å². The molecule has 1 fully saturated rings. The number of hydrogen-bond donors (Lipinski definition) is 1. The number of nitrogens with zero attached hydrogens (tertiary/aromatic N) is 2. The van der Waals surface area contributed by atoms with Gasteiger partial charge < -0.3 is 15.0 Å². The van der Waals surface area contributed by atoms with Gasteiger partial charge >= 0.3 is 0 Å². The molecule has 0 unspecified atom stereocenters. The highest BCUT2D eigenvalue weighted by Crippen LogP contribution is 2.27. The lowest BCUT2D eigenvalue weighted by Crippen LogP contribution is -2.38. The average molecular weight is 573 g/mol. The first-order valence-corrected chi connectivity index (χ1v) is 14.3. The molecule has 0 aromatic heterocycles. The summed E-state index contributed by atoms with van der Waals surface area (Å²) in [6.45, 7) is 4.08. The smallest absolute Gasteiger partial charge is 0.264 e. The maximum atomic E-state index is 13.6. The second-order valence-corrected chi connectivity index (χ2v) is 11.3. The van der Waals surface area contributed by atoms with Crippen LogP contribution in [0, 0.1) is 0 Å². The number of rotatable bonds is 9. The van der Waals surface area contributed by atoms with Crippen molar-refractivity contribution in [3.63, 3.8) is 0 Å². The SMILES string of the molecule is CCOc1ccc(N(CC(=O)Nc2ccc(N3CCCCC3)cc2)S(=O)(=O)c2ccc(Br)cc2)cc1. The fraction of sp³-hybridized carbons (Fsp3) is 0.296. The van der Waals surface area contributed by atoms with Crippen LogP contribution in [0.25, 0.3) is 0 Å². The van der Waals surface area contributed by atoms with Crippen molar-refractivity contribution >= 4 is 48.9 Å². The summed E-state index contributed by atoms with van der Waals surface area (Å²) in [4.78, 5) is 15.5. The second-order valence-electron chi connectivity index (χ2n) is 8.54. The van der Waals surface area contributed by atoms with Crippen molar-refractivity contribution in [1.29, 1.82) is 0 Å². The van der Waals surface area contributed by atoms with Crippen LogP contribution in [0.15, 0.2) is 82.2 Å². The number of halogens is 1. The Morgan fingerprint density at radius 2 is 1.58 bits per heavy atom. The minimum absolute atomic E-state index is 0.0956. The van der Waals surface area contributed by atoms with Gasteiger partial charge in [0.25, 0.3) is 10.0 Å². The minimum atomic E-state index is -4.00. The third-order valence-corrected chi connectivity index (χ3v) is 8.31. The summed E-state index contributed by atoms with van der Waals surface area (Å²) in [6, 6.07) is 20.7. The summed E-state index contributed by atoms with van der Waals surface area (Å²) in [6.07, 6.45) is 3.64. The summed E-state index contributed by atoms with van der Waals surface area (Å²) in [7, 11) is -4.00. The number of carbonyl (C=O) groups excluding carboxylic acids is 1. The lowest BCUT2D eigenvalue weighted by Gasteiger charge is -2.29. The second kappa shape index (κ2) is 11.8. The average Bonchev–Trinajstić information content (AvgIpc) is 2.89. The normalized spacial score (nSPS) is 13.8. The van der Waals surface area contributed by atoms with E-state index in [1.807, 2.05) is 31.2 Å². The molecule has 4 rings (SSSR count). The molecule has 1 amide bonds. The molecule has 3 aromatic rings. The molecule has 3 aromatic carbocycles. The van der Waals surface area contributed by atoms with Gasteiger partial charge in [0.2, 0.25) is 5.91 Å². The van der Waals surface area contributed by atoms with Gasteiger partial charge in [0.1, 0.15) is 12.3 Å². The summed E-state index contributed by atoms with van der Waals surface area (Å²) >= 11 is 3.34. The van der Waals surface area contributed by atoms with Crippen molar-refractivity contribution in [2.24, 2.45) is 0 Å². The number of sulfonamides is 1. The molecule has 1 aliphatic heterocycles. The standard InChI is InChI=1S/C27H30BrN3O4S/c1-2-35-25-14-12-24(13-15-25)31(36(33,34)26-16-6-21(28)7-17-26)20-27(32)29-22-8-10-23(11-9-22)30-18-4-3-5-19-30/h6-17H,2-5,18-20H2,1H3,(H,29,32). The van der Waals surface area contributed by atoms with E-state index >= 15 is 0 Å². The quantitative estimate of drug-likeness (QED) is 0.358. The van der Waals surface area contributed by atoms with Gasteiger partial charge in [-0.15, -0.1) is 0 Å². The highest BCUT2D eigenvalue weighted by atomic mass is 79.9. The van der Waals surface area contributed by atoms with E-state index in [-0.39, 0.29) is 11.4 Å². The third kappa shape index (κ3) is 6.39. The third-order valence-electron chi connectivity index (χ3n) is 6.00. The summed E-state index contributed by atoms with van der Waals surface area (Å²) in [5.41, 5.74) is 2.12. The molecule has 7 nitrogen and oxygen atoms in total. The van der Waals surface area contributed by atoms with E-state index in [9.17, 15) is 13.2 Å². The van der Waals surface area contributed by atoms with Gasteiger partial charge in [-0.1, -0.05) is 15.9 Å². The monoisotopic (exact) mass is 571 g/mol.